The molecule has 1 aromatic heterocycles. The van der Waals surface area contributed by atoms with Crippen molar-refractivity contribution in [1.29, 1.82) is 5.26 Å². The van der Waals surface area contributed by atoms with Crippen molar-refractivity contribution in [1.82, 2.24) is 14.7 Å². The van der Waals surface area contributed by atoms with Crippen LogP contribution in [-0.2, 0) is 9.59 Å². The van der Waals surface area contributed by atoms with Crippen LogP contribution in [0, 0.1) is 11.3 Å². The van der Waals surface area contributed by atoms with Gasteiger partial charge in [-0.1, -0.05) is 25.1 Å². The number of hydrogen-bond acceptors (Lipinski definition) is 6. The lowest BCUT2D eigenvalue weighted by molar-refractivity contribution is -0.142. The fraction of sp³-hybridized carbons (Fsp3) is 0.241. The number of hydrogen-bond donors (Lipinski definition) is 0. The predicted molar refractivity (Wildman–Crippen MR) is 140 cm³/mol. The smallest absolute Gasteiger partial charge is 0.271 e. The zero-order valence-electron chi connectivity index (χ0n) is 21.5. The number of nitriles is 1. The van der Waals surface area contributed by atoms with Gasteiger partial charge in [-0.25, -0.2) is 4.68 Å². The average Bonchev–Trinajstić information content (AvgIpc) is 3.35. The van der Waals surface area contributed by atoms with Gasteiger partial charge >= 0.3 is 0 Å². The van der Waals surface area contributed by atoms with Crippen LogP contribution in [0.2, 0.25) is 0 Å². The summed E-state index contributed by atoms with van der Waals surface area (Å²) in [5.41, 5.74) is 3.44. The summed E-state index contributed by atoms with van der Waals surface area (Å²) in [7, 11) is 3.13. The third kappa shape index (κ3) is 4.64. The van der Waals surface area contributed by atoms with Crippen LogP contribution < -0.4 is 9.47 Å². The number of methoxy groups -OCH3 is 2. The molecule has 1 unspecified atom stereocenters. The van der Waals surface area contributed by atoms with Crippen LogP contribution in [-0.4, -0.2) is 46.8 Å². The van der Waals surface area contributed by atoms with Gasteiger partial charge in [-0.2, -0.15) is 10.4 Å². The van der Waals surface area contributed by atoms with E-state index in [9.17, 15) is 14.9 Å². The molecule has 0 fully saturated rings. The van der Waals surface area contributed by atoms with Crippen LogP contribution in [0.4, 0.5) is 0 Å². The monoisotopic (exact) mass is 496 g/mol. The lowest BCUT2D eigenvalue weighted by atomic mass is 9.92. The van der Waals surface area contributed by atoms with E-state index in [1.165, 1.54) is 4.90 Å². The Kier molecular flexibility index (Phi) is 7.25. The highest BCUT2D eigenvalue weighted by molar-refractivity contribution is 6.20. The van der Waals surface area contributed by atoms with Gasteiger partial charge in [0.25, 0.3) is 11.8 Å². The molecule has 1 aliphatic heterocycles. The summed E-state index contributed by atoms with van der Waals surface area (Å²) >= 11 is 0. The van der Waals surface area contributed by atoms with Gasteiger partial charge < -0.3 is 9.47 Å². The number of imide groups is 1. The number of para-hydroxylation sites is 1. The normalized spacial score (nSPS) is 15.7. The molecule has 188 valence electrons. The van der Waals surface area contributed by atoms with Gasteiger partial charge in [-0.05, 0) is 62.2 Å². The standard InChI is InChI=1S/C29H28N4O4/c1-6-18(2)33-28(34)23(19(3)24(16-30)29(33)35)14-21-17-32(22-10-8-7-9-11-22)31-27(21)20-12-13-25(36-4)26(15-20)37-5/h7-15,17-18H,6H2,1-5H3/b23-14+. The minimum absolute atomic E-state index is 0.0331. The minimum atomic E-state index is -0.559. The maximum atomic E-state index is 13.6. The van der Waals surface area contributed by atoms with Crippen molar-refractivity contribution >= 4 is 17.9 Å². The minimum Gasteiger partial charge on any atom is -0.493 e. The van der Waals surface area contributed by atoms with Crippen LogP contribution in [0.15, 0.2) is 71.4 Å². The Morgan fingerprint density at radius 2 is 1.76 bits per heavy atom. The van der Waals surface area contributed by atoms with Crippen molar-refractivity contribution in [2.24, 2.45) is 0 Å². The fourth-order valence-corrected chi connectivity index (χ4v) is 4.25. The van der Waals surface area contributed by atoms with E-state index in [2.05, 4.69) is 0 Å². The molecule has 2 aromatic carbocycles. The van der Waals surface area contributed by atoms with E-state index in [0.29, 0.717) is 34.8 Å². The molecule has 8 nitrogen and oxygen atoms in total. The molecule has 3 aromatic rings. The maximum Gasteiger partial charge on any atom is 0.271 e. The summed E-state index contributed by atoms with van der Waals surface area (Å²) in [5, 5.41) is 14.6. The molecule has 2 heterocycles. The third-order valence-electron chi connectivity index (χ3n) is 6.52. The maximum absolute atomic E-state index is 13.6. The second-order valence-electron chi connectivity index (χ2n) is 8.69. The molecule has 4 rings (SSSR count). The molecule has 1 aliphatic rings. The van der Waals surface area contributed by atoms with Crippen LogP contribution in [0.1, 0.15) is 32.8 Å². The van der Waals surface area contributed by atoms with Gasteiger partial charge in [0.05, 0.1) is 19.9 Å². The number of amides is 2. The van der Waals surface area contributed by atoms with Gasteiger partial charge in [0.2, 0.25) is 0 Å². The highest BCUT2D eigenvalue weighted by Crippen LogP contribution is 2.36. The van der Waals surface area contributed by atoms with E-state index in [-0.39, 0.29) is 17.2 Å². The quantitative estimate of drug-likeness (QED) is 0.339. The molecule has 1 atom stereocenters. The Hall–Kier alpha value is -4.64. The molecule has 2 amide bonds. The molecule has 0 radical (unpaired) electrons. The van der Waals surface area contributed by atoms with E-state index < -0.39 is 11.8 Å². The van der Waals surface area contributed by atoms with Crippen molar-refractivity contribution in [2.45, 2.75) is 33.2 Å². The molecule has 0 N–H and O–H groups in total. The lowest BCUT2D eigenvalue weighted by Crippen LogP contribution is -2.47. The van der Waals surface area contributed by atoms with Crippen molar-refractivity contribution in [3.05, 3.63) is 77.0 Å². The number of rotatable bonds is 7. The Balaban J connectivity index is 1.95. The zero-order chi connectivity index (χ0) is 26.7. The molecule has 0 aliphatic carbocycles. The van der Waals surface area contributed by atoms with E-state index in [1.807, 2.05) is 61.7 Å². The molecule has 0 saturated carbocycles. The first kappa shape index (κ1) is 25.5. The summed E-state index contributed by atoms with van der Waals surface area (Å²) in [6.45, 7) is 5.32. The van der Waals surface area contributed by atoms with Crippen LogP contribution in [0.25, 0.3) is 23.0 Å². The van der Waals surface area contributed by atoms with Crippen LogP contribution >= 0.6 is 0 Å². The second-order valence-corrected chi connectivity index (χ2v) is 8.69. The highest BCUT2D eigenvalue weighted by atomic mass is 16.5. The summed E-state index contributed by atoms with van der Waals surface area (Å²) in [6.07, 6.45) is 4.10. The Labute approximate surface area is 216 Å². The van der Waals surface area contributed by atoms with Gasteiger partial charge in [0.15, 0.2) is 11.5 Å². The van der Waals surface area contributed by atoms with E-state index in [1.54, 1.807) is 44.9 Å². The third-order valence-corrected chi connectivity index (χ3v) is 6.52. The van der Waals surface area contributed by atoms with Crippen LogP contribution in [0.5, 0.6) is 11.5 Å². The van der Waals surface area contributed by atoms with Crippen molar-refractivity contribution < 1.29 is 19.1 Å². The molecular formula is C29H28N4O4. The van der Waals surface area contributed by atoms with Gasteiger partial charge in [-0.15, -0.1) is 0 Å². The molecule has 37 heavy (non-hydrogen) atoms. The topological polar surface area (TPSA) is 97.5 Å². The predicted octanol–water partition coefficient (Wildman–Crippen LogP) is 4.95. The number of carbonyl (C=O) groups is 2. The van der Waals surface area contributed by atoms with Crippen molar-refractivity contribution in [3.8, 4) is 34.5 Å². The van der Waals surface area contributed by atoms with Gasteiger partial charge in [-0.3, -0.25) is 14.5 Å². The first-order valence-corrected chi connectivity index (χ1v) is 11.9. The molecule has 0 spiro atoms. The highest BCUT2D eigenvalue weighted by Gasteiger charge is 2.37. The van der Waals surface area contributed by atoms with Crippen molar-refractivity contribution in [3.63, 3.8) is 0 Å². The average molecular weight is 497 g/mol. The summed E-state index contributed by atoms with van der Waals surface area (Å²) in [5.74, 6) is 0.132. The number of carbonyl (C=O) groups excluding carboxylic acids is 2. The number of ether oxygens (including phenoxy) is 2. The molecule has 0 bridgehead atoms. The Morgan fingerprint density at radius 1 is 1.05 bits per heavy atom. The SMILES string of the molecule is CCC(C)N1C(=O)C(C#N)=C(C)/C(=C\c2cn(-c3ccccc3)nc2-c2ccc(OC)c(OC)c2)C1=O. The largest absolute Gasteiger partial charge is 0.493 e. The van der Waals surface area contributed by atoms with E-state index in [0.717, 1.165) is 11.3 Å². The van der Waals surface area contributed by atoms with Crippen LogP contribution in [0.3, 0.4) is 0 Å². The molecule has 0 saturated heterocycles. The number of aromatic nitrogens is 2. The number of nitrogens with zero attached hydrogens (tertiary/aromatic N) is 4. The van der Waals surface area contributed by atoms with E-state index in [4.69, 9.17) is 14.6 Å². The van der Waals surface area contributed by atoms with Crippen molar-refractivity contribution in [2.75, 3.05) is 14.2 Å². The second kappa shape index (κ2) is 10.5. The first-order chi connectivity index (χ1) is 17.8. The fourth-order valence-electron chi connectivity index (χ4n) is 4.25. The molecular weight excluding hydrogens is 468 g/mol. The van der Waals surface area contributed by atoms with E-state index >= 15 is 0 Å². The summed E-state index contributed by atoms with van der Waals surface area (Å²) in [6, 6.07) is 16.7. The Morgan fingerprint density at radius 3 is 2.38 bits per heavy atom. The Bertz CT molecular complexity index is 1460. The summed E-state index contributed by atoms with van der Waals surface area (Å²) in [4.78, 5) is 27.7. The molecule has 8 heteroatoms. The zero-order valence-corrected chi connectivity index (χ0v) is 21.5. The number of benzene rings is 2. The first-order valence-electron chi connectivity index (χ1n) is 11.9. The van der Waals surface area contributed by atoms with Gasteiger partial charge in [0.1, 0.15) is 17.3 Å². The summed E-state index contributed by atoms with van der Waals surface area (Å²) < 4.78 is 12.6. The van der Waals surface area contributed by atoms with Gasteiger partial charge in [0, 0.05) is 28.9 Å². The lowest BCUT2D eigenvalue weighted by Gasteiger charge is -2.31.